The molecule has 0 aliphatic heterocycles. The van der Waals surface area contributed by atoms with Crippen LogP contribution in [0.1, 0.15) is 35.1 Å². The molecule has 186 valence electrons. The lowest BCUT2D eigenvalue weighted by Gasteiger charge is -2.15. The molecule has 0 aromatic heterocycles. The van der Waals surface area contributed by atoms with Gasteiger partial charge in [0.2, 0.25) is 0 Å². The summed E-state index contributed by atoms with van der Waals surface area (Å²) in [4.78, 5) is 0. The highest BCUT2D eigenvalue weighted by Gasteiger charge is 2.07. The van der Waals surface area contributed by atoms with Crippen LogP contribution in [0, 0.1) is 0 Å². The summed E-state index contributed by atoms with van der Waals surface area (Å²) >= 11 is 0. The second-order valence-corrected chi connectivity index (χ2v) is 9.06. The van der Waals surface area contributed by atoms with Crippen molar-refractivity contribution in [1.82, 2.24) is 5.32 Å². The number of hydrogen-bond acceptors (Lipinski definition) is 3. The summed E-state index contributed by atoms with van der Waals surface area (Å²) in [6.07, 6.45) is 5.01. The van der Waals surface area contributed by atoms with Crippen LogP contribution in [0.3, 0.4) is 0 Å². The number of nitrogens with one attached hydrogen (secondary N) is 1. The summed E-state index contributed by atoms with van der Waals surface area (Å²) in [6.45, 7) is 3.07. The van der Waals surface area contributed by atoms with E-state index in [9.17, 15) is 0 Å². The normalized spacial score (nSPS) is 10.8. The Labute approximate surface area is 216 Å². The zero-order valence-corrected chi connectivity index (χ0v) is 21.1. The van der Waals surface area contributed by atoms with Gasteiger partial charge in [0, 0.05) is 18.2 Å². The molecule has 0 unspecified atom stereocenters. The Bertz CT molecular complexity index is 1130. The molecule has 0 radical (unpaired) electrons. The minimum atomic E-state index is 0.684. The monoisotopic (exact) mass is 479 g/mol. The topological polar surface area (TPSA) is 30.5 Å². The van der Waals surface area contributed by atoms with Gasteiger partial charge in [0.15, 0.2) is 0 Å². The quantitative estimate of drug-likeness (QED) is 0.185. The first-order valence-electron chi connectivity index (χ1n) is 13.1. The fourth-order valence-corrected chi connectivity index (χ4v) is 4.22. The summed E-state index contributed by atoms with van der Waals surface area (Å²) in [6, 6.07) is 38.0. The highest BCUT2D eigenvalue weighted by Crippen LogP contribution is 2.26. The average molecular weight is 480 g/mol. The molecule has 4 aromatic rings. The molecule has 1 N–H and O–H groups in total. The molecular formula is C33H37NO2. The van der Waals surface area contributed by atoms with E-state index in [4.69, 9.17) is 9.47 Å². The van der Waals surface area contributed by atoms with Gasteiger partial charge in [-0.1, -0.05) is 97.1 Å². The Morgan fingerprint density at radius 3 is 1.64 bits per heavy atom. The summed E-state index contributed by atoms with van der Waals surface area (Å²) in [5.41, 5.74) is 5.21. The van der Waals surface area contributed by atoms with Gasteiger partial charge in [-0.05, 0) is 61.4 Å². The van der Waals surface area contributed by atoms with Crippen molar-refractivity contribution in [2.75, 3.05) is 19.8 Å². The predicted molar refractivity (Wildman–Crippen MR) is 149 cm³/mol. The molecule has 0 heterocycles. The van der Waals surface area contributed by atoms with E-state index in [1.807, 2.05) is 0 Å². The van der Waals surface area contributed by atoms with E-state index >= 15 is 0 Å². The van der Waals surface area contributed by atoms with Crippen LogP contribution in [0.25, 0.3) is 0 Å². The van der Waals surface area contributed by atoms with Crippen LogP contribution in [0.2, 0.25) is 0 Å². The SMILES string of the molecule is c1ccc(CCCOc2ccc(CNCCc3ccccc3)c(OCCCc3ccccc3)c2)cc1. The maximum Gasteiger partial charge on any atom is 0.127 e. The van der Waals surface area contributed by atoms with Gasteiger partial charge in [0.05, 0.1) is 13.2 Å². The number of aryl methyl sites for hydroxylation is 2. The number of ether oxygens (including phenoxy) is 2. The number of benzene rings is 4. The predicted octanol–water partition coefficient (Wildman–Crippen LogP) is 7.04. The third kappa shape index (κ3) is 8.90. The van der Waals surface area contributed by atoms with E-state index in [1.165, 1.54) is 22.3 Å². The smallest absolute Gasteiger partial charge is 0.127 e. The highest BCUT2D eigenvalue weighted by molar-refractivity contribution is 5.41. The molecule has 0 fully saturated rings. The molecule has 3 heteroatoms. The van der Waals surface area contributed by atoms with Gasteiger partial charge in [-0.15, -0.1) is 0 Å². The van der Waals surface area contributed by atoms with E-state index in [0.717, 1.165) is 56.7 Å². The van der Waals surface area contributed by atoms with E-state index in [1.54, 1.807) is 0 Å². The van der Waals surface area contributed by atoms with Crippen molar-refractivity contribution < 1.29 is 9.47 Å². The Kier molecular flexibility index (Phi) is 10.5. The van der Waals surface area contributed by atoms with Gasteiger partial charge >= 0.3 is 0 Å². The van der Waals surface area contributed by atoms with Crippen LogP contribution in [0.5, 0.6) is 11.5 Å². The average Bonchev–Trinajstić information content (AvgIpc) is 2.94. The summed E-state index contributed by atoms with van der Waals surface area (Å²) in [7, 11) is 0. The second kappa shape index (κ2) is 14.8. The molecule has 4 aromatic carbocycles. The molecule has 0 saturated heterocycles. The zero-order chi connectivity index (χ0) is 24.7. The van der Waals surface area contributed by atoms with Gasteiger partial charge in [-0.2, -0.15) is 0 Å². The maximum atomic E-state index is 6.27. The molecule has 0 aliphatic carbocycles. The molecule has 0 spiro atoms. The molecule has 3 nitrogen and oxygen atoms in total. The summed E-state index contributed by atoms with van der Waals surface area (Å²) < 4.78 is 12.4. The molecule has 0 amide bonds. The Hall–Kier alpha value is -3.56. The fraction of sp³-hybridized carbons (Fsp3) is 0.273. The molecule has 4 rings (SSSR count). The maximum absolute atomic E-state index is 6.27. The first-order valence-corrected chi connectivity index (χ1v) is 13.1. The zero-order valence-electron chi connectivity index (χ0n) is 21.1. The van der Waals surface area contributed by atoms with E-state index in [-0.39, 0.29) is 0 Å². The minimum absolute atomic E-state index is 0.684. The molecule has 36 heavy (non-hydrogen) atoms. The Balaban J connectivity index is 1.29. The van der Waals surface area contributed by atoms with Gasteiger partial charge in [0.1, 0.15) is 11.5 Å². The molecule has 0 aliphatic rings. The van der Waals surface area contributed by atoms with E-state index in [2.05, 4.69) is 115 Å². The number of rotatable bonds is 15. The third-order valence-corrected chi connectivity index (χ3v) is 6.22. The molecule has 0 saturated carbocycles. The largest absolute Gasteiger partial charge is 0.493 e. The van der Waals surface area contributed by atoms with Crippen molar-refractivity contribution in [3.63, 3.8) is 0 Å². The van der Waals surface area contributed by atoms with Gasteiger partial charge in [0.25, 0.3) is 0 Å². The van der Waals surface area contributed by atoms with E-state index < -0.39 is 0 Å². The Morgan fingerprint density at radius 1 is 0.528 bits per heavy atom. The van der Waals surface area contributed by atoms with Crippen LogP contribution >= 0.6 is 0 Å². The van der Waals surface area contributed by atoms with Gasteiger partial charge < -0.3 is 14.8 Å². The summed E-state index contributed by atoms with van der Waals surface area (Å²) in [5.74, 6) is 1.78. The standard InChI is InChI=1S/C33H37NO2/c1-4-12-28(13-5-1)18-10-24-35-32-21-20-31(27-34-23-22-30-16-8-3-9-17-30)33(26-32)36-25-11-19-29-14-6-2-7-15-29/h1-9,12-17,20-21,26,34H,10-11,18-19,22-25,27H2. The lowest BCUT2D eigenvalue weighted by molar-refractivity contribution is 0.293. The van der Waals surface area contributed by atoms with Crippen LogP contribution in [-0.2, 0) is 25.8 Å². The van der Waals surface area contributed by atoms with Crippen LogP contribution in [0.4, 0.5) is 0 Å². The van der Waals surface area contributed by atoms with E-state index in [0.29, 0.717) is 13.2 Å². The minimum Gasteiger partial charge on any atom is -0.493 e. The van der Waals surface area contributed by atoms with Gasteiger partial charge in [-0.3, -0.25) is 0 Å². The highest BCUT2D eigenvalue weighted by atomic mass is 16.5. The lowest BCUT2D eigenvalue weighted by Crippen LogP contribution is -2.17. The summed E-state index contributed by atoms with van der Waals surface area (Å²) in [5, 5.41) is 3.58. The second-order valence-electron chi connectivity index (χ2n) is 9.06. The fourth-order valence-electron chi connectivity index (χ4n) is 4.22. The third-order valence-electron chi connectivity index (χ3n) is 6.22. The molecule has 0 atom stereocenters. The van der Waals surface area contributed by atoms with Crippen molar-refractivity contribution in [2.24, 2.45) is 0 Å². The van der Waals surface area contributed by atoms with Crippen LogP contribution in [-0.4, -0.2) is 19.8 Å². The van der Waals surface area contributed by atoms with Crippen molar-refractivity contribution in [1.29, 1.82) is 0 Å². The van der Waals surface area contributed by atoms with Crippen molar-refractivity contribution >= 4 is 0 Å². The van der Waals surface area contributed by atoms with Crippen molar-refractivity contribution in [2.45, 2.75) is 38.6 Å². The van der Waals surface area contributed by atoms with Crippen LogP contribution < -0.4 is 14.8 Å². The van der Waals surface area contributed by atoms with Crippen molar-refractivity contribution in [3.05, 3.63) is 131 Å². The number of hydrogen-bond donors (Lipinski definition) is 1. The first kappa shape index (κ1) is 25.5. The molecular weight excluding hydrogens is 442 g/mol. The van der Waals surface area contributed by atoms with Crippen molar-refractivity contribution in [3.8, 4) is 11.5 Å². The van der Waals surface area contributed by atoms with Crippen LogP contribution in [0.15, 0.2) is 109 Å². The lowest BCUT2D eigenvalue weighted by atomic mass is 10.1. The Morgan fingerprint density at radius 2 is 1.06 bits per heavy atom. The molecule has 0 bridgehead atoms. The van der Waals surface area contributed by atoms with Gasteiger partial charge in [-0.25, -0.2) is 0 Å². The first-order chi connectivity index (χ1) is 17.9.